The van der Waals surface area contributed by atoms with E-state index in [4.69, 9.17) is 38.4 Å². The molecular weight excluding hydrogens is 321 g/mol. The topological polar surface area (TPSA) is 44.5 Å². The Morgan fingerprint density at radius 2 is 1.77 bits per heavy atom. The highest BCUT2D eigenvalue weighted by atomic mass is 35.5. The zero-order valence-corrected chi connectivity index (χ0v) is 14.1. The van der Waals surface area contributed by atoms with Crippen LogP contribution < -0.4 is 15.2 Å². The van der Waals surface area contributed by atoms with Gasteiger partial charge in [-0.25, -0.2) is 0 Å². The molecule has 1 unspecified atom stereocenters. The Morgan fingerprint density at radius 3 is 2.36 bits per heavy atom. The van der Waals surface area contributed by atoms with Crippen molar-refractivity contribution >= 4 is 23.2 Å². The third-order valence-corrected chi connectivity index (χ3v) is 4.37. The zero-order chi connectivity index (χ0) is 16.1. The van der Waals surface area contributed by atoms with Gasteiger partial charge in [0.25, 0.3) is 0 Å². The van der Waals surface area contributed by atoms with Crippen LogP contribution in [0.5, 0.6) is 11.5 Å². The van der Waals surface area contributed by atoms with Gasteiger partial charge in [0, 0.05) is 12.0 Å². The van der Waals surface area contributed by atoms with E-state index >= 15 is 0 Å². The van der Waals surface area contributed by atoms with Crippen molar-refractivity contribution in [1.29, 1.82) is 0 Å². The Morgan fingerprint density at radius 1 is 1.00 bits per heavy atom. The SMILES string of the molecule is COc1ccc(C(CN)Cc2ccc(Cl)c(Cl)c2)c(OC)c1. The molecule has 5 heteroatoms. The Balaban J connectivity index is 2.29. The van der Waals surface area contributed by atoms with Crippen molar-refractivity contribution in [3.05, 3.63) is 57.6 Å². The van der Waals surface area contributed by atoms with Gasteiger partial charge in [0.2, 0.25) is 0 Å². The van der Waals surface area contributed by atoms with Gasteiger partial charge < -0.3 is 15.2 Å². The first-order chi connectivity index (χ1) is 10.6. The van der Waals surface area contributed by atoms with E-state index in [-0.39, 0.29) is 5.92 Å². The molecule has 0 aliphatic rings. The monoisotopic (exact) mass is 339 g/mol. The third kappa shape index (κ3) is 3.86. The van der Waals surface area contributed by atoms with Gasteiger partial charge in [0.05, 0.1) is 24.3 Å². The van der Waals surface area contributed by atoms with E-state index < -0.39 is 0 Å². The molecule has 0 radical (unpaired) electrons. The molecule has 2 aromatic rings. The molecule has 2 rings (SSSR count). The molecule has 0 aromatic heterocycles. The summed E-state index contributed by atoms with van der Waals surface area (Å²) in [7, 11) is 3.27. The summed E-state index contributed by atoms with van der Waals surface area (Å²) in [5.74, 6) is 1.65. The lowest BCUT2D eigenvalue weighted by Gasteiger charge is -2.19. The van der Waals surface area contributed by atoms with Crippen LogP contribution in [-0.2, 0) is 6.42 Å². The highest BCUT2D eigenvalue weighted by Crippen LogP contribution is 2.33. The van der Waals surface area contributed by atoms with E-state index in [1.807, 2.05) is 30.3 Å². The molecular formula is C17H19Cl2NO2. The maximum atomic E-state index is 6.08. The number of hydrogen-bond donors (Lipinski definition) is 1. The number of ether oxygens (including phenoxy) is 2. The van der Waals surface area contributed by atoms with Crippen molar-refractivity contribution in [2.24, 2.45) is 5.73 Å². The van der Waals surface area contributed by atoms with Gasteiger partial charge in [-0.2, -0.15) is 0 Å². The average Bonchev–Trinajstić information content (AvgIpc) is 2.55. The summed E-state index contributed by atoms with van der Waals surface area (Å²) >= 11 is 12.0. The van der Waals surface area contributed by atoms with Crippen LogP contribution in [0.1, 0.15) is 17.0 Å². The predicted octanol–water partition coefficient (Wildman–Crippen LogP) is 4.30. The first-order valence-corrected chi connectivity index (χ1v) is 7.70. The molecule has 3 nitrogen and oxygen atoms in total. The van der Waals surface area contributed by atoms with E-state index in [1.165, 1.54) is 0 Å². The zero-order valence-electron chi connectivity index (χ0n) is 12.6. The summed E-state index contributed by atoms with van der Waals surface area (Å²) < 4.78 is 10.7. The molecule has 0 spiro atoms. The van der Waals surface area contributed by atoms with Gasteiger partial charge >= 0.3 is 0 Å². The predicted molar refractivity (Wildman–Crippen MR) is 91.5 cm³/mol. The number of benzene rings is 2. The minimum absolute atomic E-state index is 0.123. The quantitative estimate of drug-likeness (QED) is 0.853. The molecule has 0 heterocycles. The molecule has 0 amide bonds. The summed E-state index contributed by atoms with van der Waals surface area (Å²) in [5.41, 5.74) is 8.11. The van der Waals surface area contributed by atoms with Crippen LogP contribution in [0.15, 0.2) is 36.4 Å². The molecule has 118 valence electrons. The number of halogens is 2. The van der Waals surface area contributed by atoms with Crippen LogP contribution >= 0.6 is 23.2 Å². The second kappa shape index (κ2) is 7.73. The van der Waals surface area contributed by atoms with E-state index in [2.05, 4.69) is 0 Å². The molecule has 0 aliphatic carbocycles. The molecule has 0 fully saturated rings. The molecule has 1 atom stereocenters. The summed E-state index contributed by atoms with van der Waals surface area (Å²) in [4.78, 5) is 0. The smallest absolute Gasteiger partial charge is 0.126 e. The van der Waals surface area contributed by atoms with E-state index in [0.717, 1.165) is 29.0 Å². The summed E-state index contributed by atoms with van der Waals surface area (Å²) in [6, 6.07) is 11.4. The largest absolute Gasteiger partial charge is 0.497 e. The van der Waals surface area contributed by atoms with Crippen molar-refractivity contribution in [2.45, 2.75) is 12.3 Å². The highest BCUT2D eigenvalue weighted by Gasteiger charge is 2.17. The van der Waals surface area contributed by atoms with Crippen LogP contribution in [0.25, 0.3) is 0 Å². The summed E-state index contributed by atoms with van der Waals surface area (Å²) in [5, 5.41) is 1.10. The maximum Gasteiger partial charge on any atom is 0.126 e. The van der Waals surface area contributed by atoms with Crippen molar-refractivity contribution < 1.29 is 9.47 Å². The fourth-order valence-corrected chi connectivity index (χ4v) is 2.75. The summed E-state index contributed by atoms with van der Waals surface area (Å²) in [6.45, 7) is 0.503. The lowest BCUT2D eigenvalue weighted by molar-refractivity contribution is 0.388. The van der Waals surface area contributed by atoms with Gasteiger partial charge in [-0.1, -0.05) is 35.3 Å². The fraction of sp³-hybridized carbons (Fsp3) is 0.294. The lowest BCUT2D eigenvalue weighted by Crippen LogP contribution is -2.16. The van der Waals surface area contributed by atoms with Gasteiger partial charge in [-0.05, 0) is 42.3 Å². The number of nitrogens with two attached hydrogens (primary N) is 1. The second-order valence-electron chi connectivity index (χ2n) is 4.99. The van der Waals surface area contributed by atoms with Crippen LogP contribution in [0.4, 0.5) is 0 Å². The third-order valence-electron chi connectivity index (χ3n) is 3.63. The minimum Gasteiger partial charge on any atom is -0.497 e. The standard InChI is InChI=1S/C17H19Cl2NO2/c1-21-13-4-5-14(17(9-13)22-2)12(10-20)7-11-3-6-15(18)16(19)8-11/h3-6,8-9,12H,7,10,20H2,1-2H3. The van der Waals surface area contributed by atoms with Crippen LogP contribution in [-0.4, -0.2) is 20.8 Å². The normalized spacial score (nSPS) is 12.0. The molecule has 0 saturated heterocycles. The molecule has 0 bridgehead atoms. The Hall–Kier alpha value is -1.42. The van der Waals surface area contributed by atoms with Gasteiger partial charge in [0.15, 0.2) is 0 Å². The molecule has 2 N–H and O–H groups in total. The highest BCUT2D eigenvalue weighted by molar-refractivity contribution is 6.42. The van der Waals surface area contributed by atoms with E-state index in [0.29, 0.717) is 16.6 Å². The lowest BCUT2D eigenvalue weighted by atomic mass is 9.91. The van der Waals surface area contributed by atoms with E-state index in [1.54, 1.807) is 20.3 Å². The van der Waals surface area contributed by atoms with Crippen LogP contribution in [0.2, 0.25) is 10.0 Å². The van der Waals surface area contributed by atoms with Crippen molar-refractivity contribution in [2.75, 3.05) is 20.8 Å². The van der Waals surface area contributed by atoms with Gasteiger partial charge in [0.1, 0.15) is 11.5 Å². The van der Waals surface area contributed by atoms with Gasteiger partial charge in [-0.15, -0.1) is 0 Å². The molecule has 0 saturated carbocycles. The Kier molecular flexibility index (Phi) is 5.95. The van der Waals surface area contributed by atoms with Crippen molar-refractivity contribution in [1.82, 2.24) is 0 Å². The van der Waals surface area contributed by atoms with Crippen molar-refractivity contribution in [3.63, 3.8) is 0 Å². The van der Waals surface area contributed by atoms with Crippen LogP contribution in [0.3, 0.4) is 0 Å². The fourth-order valence-electron chi connectivity index (χ4n) is 2.43. The molecule has 2 aromatic carbocycles. The average molecular weight is 340 g/mol. The van der Waals surface area contributed by atoms with Crippen LogP contribution in [0, 0.1) is 0 Å². The first-order valence-electron chi connectivity index (χ1n) is 6.95. The maximum absolute atomic E-state index is 6.08. The second-order valence-corrected chi connectivity index (χ2v) is 5.81. The summed E-state index contributed by atoms with van der Waals surface area (Å²) in [6.07, 6.45) is 0.760. The number of hydrogen-bond acceptors (Lipinski definition) is 3. The first kappa shape index (κ1) is 16.9. The van der Waals surface area contributed by atoms with Crippen molar-refractivity contribution in [3.8, 4) is 11.5 Å². The van der Waals surface area contributed by atoms with Gasteiger partial charge in [-0.3, -0.25) is 0 Å². The minimum atomic E-state index is 0.123. The number of rotatable bonds is 6. The molecule has 22 heavy (non-hydrogen) atoms. The Labute approximate surface area is 140 Å². The van der Waals surface area contributed by atoms with E-state index in [9.17, 15) is 0 Å². The molecule has 0 aliphatic heterocycles. The number of methoxy groups -OCH3 is 2. The Bertz CT molecular complexity index is 647.